The molecule has 1 saturated heterocycles. The third-order valence-corrected chi connectivity index (χ3v) is 3.67. The van der Waals surface area contributed by atoms with Gasteiger partial charge in [0.1, 0.15) is 0 Å². The SMILES string of the molecule is C[C@@H](NC1CCNCC1)c1cccc(Br)c1. The quantitative estimate of drug-likeness (QED) is 0.891. The van der Waals surface area contributed by atoms with Crippen LogP contribution in [-0.4, -0.2) is 19.1 Å². The minimum atomic E-state index is 0.431. The Hall–Kier alpha value is -0.380. The molecular weight excluding hydrogens is 264 g/mol. The number of halogens is 1. The average Bonchev–Trinajstić information content (AvgIpc) is 2.30. The van der Waals surface area contributed by atoms with E-state index in [1.165, 1.54) is 18.4 Å². The summed E-state index contributed by atoms with van der Waals surface area (Å²) in [6.45, 7) is 4.52. The monoisotopic (exact) mass is 282 g/mol. The van der Waals surface area contributed by atoms with Gasteiger partial charge in [0, 0.05) is 16.6 Å². The Bertz CT molecular complexity index is 334. The zero-order valence-electron chi connectivity index (χ0n) is 9.67. The molecule has 1 aliphatic rings. The van der Waals surface area contributed by atoms with E-state index in [0.717, 1.165) is 17.6 Å². The third kappa shape index (κ3) is 3.30. The largest absolute Gasteiger partial charge is 0.317 e. The molecular formula is C13H19BrN2. The van der Waals surface area contributed by atoms with Crippen molar-refractivity contribution in [3.63, 3.8) is 0 Å². The Morgan fingerprint density at radius 1 is 1.38 bits per heavy atom. The first-order valence-corrected chi connectivity index (χ1v) is 6.77. The van der Waals surface area contributed by atoms with Crippen LogP contribution in [0.4, 0.5) is 0 Å². The molecule has 0 bridgehead atoms. The van der Waals surface area contributed by atoms with Gasteiger partial charge < -0.3 is 10.6 Å². The van der Waals surface area contributed by atoms with Gasteiger partial charge in [0.15, 0.2) is 0 Å². The Morgan fingerprint density at radius 3 is 2.81 bits per heavy atom. The fourth-order valence-electron chi connectivity index (χ4n) is 2.21. The first-order chi connectivity index (χ1) is 7.75. The molecule has 0 aromatic heterocycles. The van der Waals surface area contributed by atoms with Crippen molar-refractivity contribution in [1.29, 1.82) is 0 Å². The topological polar surface area (TPSA) is 24.1 Å². The van der Waals surface area contributed by atoms with Gasteiger partial charge in [0.25, 0.3) is 0 Å². The molecule has 2 N–H and O–H groups in total. The molecule has 2 rings (SSSR count). The number of benzene rings is 1. The van der Waals surface area contributed by atoms with E-state index in [2.05, 4.69) is 57.8 Å². The zero-order chi connectivity index (χ0) is 11.4. The van der Waals surface area contributed by atoms with Crippen molar-refractivity contribution < 1.29 is 0 Å². The average molecular weight is 283 g/mol. The van der Waals surface area contributed by atoms with Gasteiger partial charge in [-0.2, -0.15) is 0 Å². The van der Waals surface area contributed by atoms with E-state index in [9.17, 15) is 0 Å². The van der Waals surface area contributed by atoms with Gasteiger partial charge in [-0.25, -0.2) is 0 Å². The van der Waals surface area contributed by atoms with Crippen molar-refractivity contribution >= 4 is 15.9 Å². The normalized spacial score (nSPS) is 19.6. The third-order valence-electron chi connectivity index (χ3n) is 3.17. The number of hydrogen-bond donors (Lipinski definition) is 2. The van der Waals surface area contributed by atoms with Crippen molar-refractivity contribution in [3.8, 4) is 0 Å². The maximum Gasteiger partial charge on any atom is 0.0294 e. The van der Waals surface area contributed by atoms with Crippen molar-refractivity contribution in [1.82, 2.24) is 10.6 Å². The van der Waals surface area contributed by atoms with Gasteiger partial charge >= 0.3 is 0 Å². The molecule has 16 heavy (non-hydrogen) atoms. The van der Waals surface area contributed by atoms with Crippen molar-refractivity contribution in [3.05, 3.63) is 34.3 Å². The van der Waals surface area contributed by atoms with Gasteiger partial charge in [0.2, 0.25) is 0 Å². The maximum absolute atomic E-state index is 3.70. The number of hydrogen-bond acceptors (Lipinski definition) is 2. The molecule has 2 nitrogen and oxygen atoms in total. The Morgan fingerprint density at radius 2 is 2.12 bits per heavy atom. The molecule has 1 aromatic rings. The summed E-state index contributed by atoms with van der Waals surface area (Å²) in [5.74, 6) is 0. The van der Waals surface area contributed by atoms with Crippen molar-refractivity contribution in [2.24, 2.45) is 0 Å². The van der Waals surface area contributed by atoms with Gasteiger partial charge in [-0.05, 0) is 50.6 Å². The standard InChI is InChI=1S/C13H19BrN2/c1-10(11-3-2-4-12(14)9-11)16-13-5-7-15-8-6-13/h2-4,9-10,13,15-16H,5-8H2,1H3/t10-/m1/s1. The van der Waals surface area contributed by atoms with E-state index in [1.807, 2.05) is 0 Å². The highest BCUT2D eigenvalue weighted by Crippen LogP contribution is 2.19. The van der Waals surface area contributed by atoms with Gasteiger partial charge in [0.05, 0.1) is 0 Å². The first kappa shape index (κ1) is 12.1. The van der Waals surface area contributed by atoms with Crippen LogP contribution in [0.3, 0.4) is 0 Å². The lowest BCUT2D eigenvalue weighted by Crippen LogP contribution is -2.40. The van der Waals surface area contributed by atoms with Crippen LogP contribution in [0.15, 0.2) is 28.7 Å². The number of rotatable bonds is 3. The highest BCUT2D eigenvalue weighted by Gasteiger charge is 2.15. The molecule has 1 aliphatic heterocycles. The second kappa shape index (κ2) is 5.80. The zero-order valence-corrected chi connectivity index (χ0v) is 11.3. The molecule has 1 atom stereocenters. The molecule has 0 saturated carbocycles. The summed E-state index contributed by atoms with van der Waals surface area (Å²) >= 11 is 3.52. The molecule has 0 radical (unpaired) electrons. The number of piperidine rings is 1. The van der Waals surface area contributed by atoms with Crippen LogP contribution in [0.2, 0.25) is 0 Å². The lowest BCUT2D eigenvalue weighted by atomic mass is 10.0. The summed E-state index contributed by atoms with van der Waals surface area (Å²) in [4.78, 5) is 0. The molecule has 1 aromatic carbocycles. The van der Waals surface area contributed by atoms with E-state index in [4.69, 9.17) is 0 Å². The molecule has 1 fully saturated rings. The van der Waals surface area contributed by atoms with Gasteiger partial charge in [-0.15, -0.1) is 0 Å². The van der Waals surface area contributed by atoms with E-state index in [1.54, 1.807) is 0 Å². The second-order valence-corrected chi connectivity index (χ2v) is 5.38. The smallest absolute Gasteiger partial charge is 0.0294 e. The highest BCUT2D eigenvalue weighted by molar-refractivity contribution is 9.10. The maximum atomic E-state index is 3.70. The van der Waals surface area contributed by atoms with Crippen LogP contribution in [-0.2, 0) is 0 Å². The summed E-state index contributed by atoms with van der Waals surface area (Å²) in [5, 5.41) is 7.09. The Balaban J connectivity index is 1.94. The fraction of sp³-hybridized carbons (Fsp3) is 0.538. The summed E-state index contributed by atoms with van der Waals surface area (Å²) in [5.41, 5.74) is 1.35. The van der Waals surface area contributed by atoms with Crippen molar-refractivity contribution in [2.75, 3.05) is 13.1 Å². The van der Waals surface area contributed by atoms with Gasteiger partial charge in [-0.3, -0.25) is 0 Å². The lowest BCUT2D eigenvalue weighted by molar-refractivity contribution is 0.359. The Labute approximate surface area is 106 Å². The molecule has 88 valence electrons. The molecule has 0 spiro atoms. The number of nitrogens with one attached hydrogen (secondary N) is 2. The minimum Gasteiger partial charge on any atom is -0.317 e. The summed E-state index contributed by atoms with van der Waals surface area (Å²) in [7, 11) is 0. The van der Waals surface area contributed by atoms with Gasteiger partial charge in [-0.1, -0.05) is 28.1 Å². The first-order valence-electron chi connectivity index (χ1n) is 5.98. The van der Waals surface area contributed by atoms with E-state index in [0.29, 0.717) is 12.1 Å². The lowest BCUT2D eigenvalue weighted by Gasteiger charge is -2.27. The van der Waals surface area contributed by atoms with Crippen LogP contribution in [0.5, 0.6) is 0 Å². The predicted octanol–water partition coefficient (Wildman–Crippen LogP) is 2.85. The molecule has 1 heterocycles. The second-order valence-electron chi connectivity index (χ2n) is 4.47. The summed E-state index contributed by atoms with van der Waals surface area (Å²) < 4.78 is 1.16. The summed E-state index contributed by atoms with van der Waals surface area (Å²) in [6.07, 6.45) is 2.47. The van der Waals surface area contributed by atoms with Crippen LogP contribution in [0.25, 0.3) is 0 Å². The Kier molecular flexibility index (Phi) is 4.38. The minimum absolute atomic E-state index is 0.431. The highest BCUT2D eigenvalue weighted by atomic mass is 79.9. The molecule has 0 amide bonds. The van der Waals surface area contributed by atoms with Crippen LogP contribution in [0.1, 0.15) is 31.4 Å². The summed E-state index contributed by atoms with van der Waals surface area (Å²) in [6, 6.07) is 9.64. The van der Waals surface area contributed by atoms with Crippen LogP contribution < -0.4 is 10.6 Å². The predicted molar refractivity (Wildman–Crippen MR) is 71.6 cm³/mol. The van der Waals surface area contributed by atoms with Crippen LogP contribution in [0, 0.1) is 0 Å². The van der Waals surface area contributed by atoms with Crippen molar-refractivity contribution in [2.45, 2.75) is 31.8 Å². The fourth-order valence-corrected chi connectivity index (χ4v) is 2.63. The van der Waals surface area contributed by atoms with E-state index >= 15 is 0 Å². The van der Waals surface area contributed by atoms with Crippen LogP contribution >= 0.6 is 15.9 Å². The van der Waals surface area contributed by atoms with E-state index < -0.39 is 0 Å². The molecule has 3 heteroatoms. The molecule has 0 aliphatic carbocycles. The molecule has 0 unspecified atom stereocenters. The van der Waals surface area contributed by atoms with E-state index in [-0.39, 0.29) is 0 Å².